The van der Waals surface area contributed by atoms with Gasteiger partial charge in [-0.3, -0.25) is 20.0 Å². The van der Waals surface area contributed by atoms with E-state index in [0.29, 0.717) is 0 Å². The molecule has 0 fully saturated rings. The van der Waals surface area contributed by atoms with Gasteiger partial charge in [0.25, 0.3) is 0 Å². The van der Waals surface area contributed by atoms with Crippen LogP contribution in [0.3, 0.4) is 0 Å². The van der Waals surface area contributed by atoms with Crippen molar-refractivity contribution in [2.75, 3.05) is 0 Å². The van der Waals surface area contributed by atoms with Crippen LogP contribution in [0.5, 0.6) is 0 Å². The fourth-order valence-corrected chi connectivity index (χ4v) is 6.77. The molecule has 7 rings (SSSR count). The lowest BCUT2D eigenvalue weighted by atomic mass is 9.93. The average Bonchev–Trinajstić information content (AvgIpc) is 3.25. The number of fused-ring (bicyclic) bond motifs is 6. The summed E-state index contributed by atoms with van der Waals surface area (Å²) in [4.78, 5) is 17.8. The Bertz CT molecular complexity index is 2140. The molecule has 3 aliphatic rings. The summed E-state index contributed by atoms with van der Waals surface area (Å²) in [5.41, 5.74) is 18.7. The minimum absolute atomic E-state index is 0.104. The number of hydrogen-bond donors (Lipinski definition) is 0. The van der Waals surface area contributed by atoms with E-state index in [0.717, 1.165) is 46.1 Å². The Morgan fingerprint density at radius 3 is 2.47 bits per heavy atom. The van der Waals surface area contributed by atoms with Crippen molar-refractivity contribution < 1.29 is 0 Å². The van der Waals surface area contributed by atoms with Crippen molar-refractivity contribution in [3.8, 4) is 5.69 Å². The molecule has 0 saturated carbocycles. The van der Waals surface area contributed by atoms with Crippen molar-refractivity contribution >= 4 is 41.2 Å². The summed E-state index contributed by atoms with van der Waals surface area (Å²) < 4.78 is 4.80. The molecule has 0 spiro atoms. The number of aromatic nitrogens is 3. The average molecular weight is 589 g/mol. The third kappa shape index (κ3) is 4.94. The first-order valence-electron chi connectivity index (χ1n) is 15.5. The van der Waals surface area contributed by atoms with Gasteiger partial charge in [0, 0.05) is 108 Å². The molecule has 0 bridgehead atoms. The van der Waals surface area contributed by atoms with Crippen LogP contribution in [0.4, 0.5) is 0 Å². The van der Waals surface area contributed by atoms with Crippen LogP contribution in [0.2, 0.25) is 0 Å². The number of aryl methyl sites for hydroxylation is 2. The normalized spacial score (nSPS) is 15.2. The Balaban J connectivity index is 1.29. The predicted octanol–water partition coefficient (Wildman–Crippen LogP) is 8.59. The van der Waals surface area contributed by atoms with E-state index in [1.807, 2.05) is 49.5 Å². The quantitative estimate of drug-likeness (QED) is 0.170. The van der Waals surface area contributed by atoms with Crippen LogP contribution in [0.25, 0.3) is 28.2 Å². The molecule has 4 aromatic rings. The van der Waals surface area contributed by atoms with Gasteiger partial charge in [0.15, 0.2) is 0 Å². The van der Waals surface area contributed by atoms with Crippen LogP contribution in [0, 0.1) is 13.8 Å². The third-order valence-electron chi connectivity index (χ3n) is 8.88. The lowest BCUT2D eigenvalue weighted by Gasteiger charge is -2.19. The number of allylic oxidation sites excluding steroid dienone is 6. The second kappa shape index (κ2) is 11.6. The van der Waals surface area contributed by atoms with Crippen molar-refractivity contribution in [2.45, 2.75) is 53.5 Å². The van der Waals surface area contributed by atoms with E-state index in [1.54, 1.807) is 6.20 Å². The van der Waals surface area contributed by atoms with Crippen LogP contribution in [0.15, 0.2) is 99.8 Å². The summed E-state index contributed by atoms with van der Waals surface area (Å²) in [6.45, 7) is 11.1. The highest BCUT2D eigenvalue weighted by molar-refractivity contribution is 6.02. The number of benzene rings is 1. The first-order valence-corrected chi connectivity index (χ1v) is 15.5. The van der Waals surface area contributed by atoms with Gasteiger partial charge >= 0.3 is 0 Å². The van der Waals surface area contributed by atoms with Crippen molar-refractivity contribution in [3.05, 3.63) is 135 Å². The fourth-order valence-electron chi connectivity index (χ4n) is 6.77. The van der Waals surface area contributed by atoms with E-state index in [-0.39, 0.29) is 6.04 Å². The van der Waals surface area contributed by atoms with Gasteiger partial charge in [0.05, 0.1) is 17.4 Å². The summed E-state index contributed by atoms with van der Waals surface area (Å²) in [6, 6.07) is 6.90. The molecule has 0 N–H and O–H groups in total. The van der Waals surface area contributed by atoms with Crippen LogP contribution < -0.4 is 0 Å². The van der Waals surface area contributed by atoms with E-state index in [2.05, 4.69) is 112 Å². The van der Waals surface area contributed by atoms with Gasteiger partial charge < -0.3 is 9.13 Å². The molecule has 0 radical (unpaired) electrons. The monoisotopic (exact) mass is 588 g/mol. The first-order chi connectivity index (χ1) is 21.9. The van der Waals surface area contributed by atoms with Crippen molar-refractivity contribution in [1.29, 1.82) is 0 Å². The van der Waals surface area contributed by atoms with Crippen molar-refractivity contribution in [1.82, 2.24) is 14.1 Å². The topological polar surface area (TPSA) is 59.8 Å². The highest BCUT2D eigenvalue weighted by atomic mass is 15.0. The minimum atomic E-state index is 0.104. The van der Waals surface area contributed by atoms with Crippen molar-refractivity contribution in [2.24, 2.45) is 15.0 Å². The lowest BCUT2D eigenvalue weighted by Crippen LogP contribution is -2.09. The van der Waals surface area contributed by atoms with Gasteiger partial charge in [-0.05, 0) is 75.1 Å². The highest BCUT2D eigenvalue weighted by Crippen LogP contribution is 2.35. The molecule has 1 atom stereocenters. The maximum Gasteiger partial charge on any atom is 0.0687 e. The number of pyridine rings is 1. The van der Waals surface area contributed by atoms with E-state index in [1.165, 1.54) is 44.9 Å². The Kier molecular flexibility index (Phi) is 7.36. The van der Waals surface area contributed by atoms with E-state index in [9.17, 15) is 0 Å². The molecule has 1 aromatic carbocycles. The molecule has 6 heterocycles. The summed E-state index contributed by atoms with van der Waals surface area (Å²) in [5.74, 6) is 0. The first kappa shape index (κ1) is 28.5. The summed E-state index contributed by atoms with van der Waals surface area (Å²) in [7, 11) is 0. The molecule has 6 heteroatoms. The van der Waals surface area contributed by atoms with Gasteiger partial charge in [0.2, 0.25) is 0 Å². The molecule has 1 unspecified atom stereocenters. The number of aliphatic imine (C=N–C) groups is 3. The molecule has 45 heavy (non-hydrogen) atoms. The van der Waals surface area contributed by atoms with Gasteiger partial charge in [-0.1, -0.05) is 35.6 Å². The molecule has 6 nitrogen and oxygen atoms in total. The predicted molar refractivity (Wildman–Crippen MR) is 188 cm³/mol. The molecule has 0 aliphatic carbocycles. The molecule has 0 amide bonds. The largest absolute Gasteiger partial charge is 0.336 e. The second-order valence-electron chi connectivity index (χ2n) is 12.0. The van der Waals surface area contributed by atoms with Crippen LogP contribution in [0.1, 0.15) is 77.3 Å². The molecule has 222 valence electrons. The van der Waals surface area contributed by atoms with Crippen LogP contribution in [-0.4, -0.2) is 32.8 Å². The second-order valence-corrected chi connectivity index (χ2v) is 12.0. The number of hydrogen-bond acceptors (Lipinski definition) is 4. The number of rotatable bonds is 5. The van der Waals surface area contributed by atoms with Gasteiger partial charge in [0.1, 0.15) is 0 Å². The van der Waals surface area contributed by atoms with Crippen LogP contribution in [-0.2, 0) is 12.8 Å². The molecular formula is C39H36N6. The molecule has 3 aromatic heterocycles. The third-order valence-corrected chi connectivity index (χ3v) is 8.88. The smallest absolute Gasteiger partial charge is 0.0687 e. The van der Waals surface area contributed by atoms with E-state index < -0.39 is 0 Å². The SMILES string of the molecule is CC(C)=C(/C=C\C(C)n1c2c(c3c1CC=CN=C3)C=NC=C=C2)c1cc(C)c(-n2c3c(c4cnccc42)C=NC=CC3)cc1C. The summed E-state index contributed by atoms with van der Waals surface area (Å²) in [6.07, 6.45) is 27.7. The Morgan fingerprint density at radius 1 is 0.911 bits per heavy atom. The Hall–Kier alpha value is -5.32. The standard InChI is InChI=1S/C39H36N6/c1-25(2)29(13-12-28(5)44-35-9-6-15-40-21-31(35)32-22-41-16-7-10-36(32)44)30-19-27(4)39(20-26(30)3)45-37-11-8-17-42-23-33(37)34-24-43-18-14-38(34)45/h6,8,10,12-24,28H,9,11H2,1-5H3/b13-12-. The van der Waals surface area contributed by atoms with E-state index >= 15 is 0 Å². The maximum atomic E-state index is 4.49. The zero-order valence-corrected chi connectivity index (χ0v) is 26.4. The van der Waals surface area contributed by atoms with Gasteiger partial charge in [-0.25, -0.2) is 0 Å². The fraction of sp³-hybridized carbons (Fsp3) is 0.205. The Morgan fingerprint density at radius 2 is 1.67 bits per heavy atom. The summed E-state index contributed by atoms with van der Waals surface area (Å²) in [5, 5.41) is 1.13. The van der Waals surface area contributed by atoms with Gasteiger partial charge in [-0.2, -0.15) is 0 Å². The highest BCUT2D eigenvalue weighted by Gasteiger charge is 2.23. The zero-order valence-electron chi connectivity index (χ0n) is 26.4. The maximum absolute atomic E-state index is 4.49. The zero-order chi connectivity index (χ0) is 31.1. The van der Waals surface area contributed by atoms with Crippen LogP contribution >= 0.6 is 0 Å². The van der Waals surface area contributed by atoms with Crippen molar-refractivity contribution in [3.63, 3.8) is 0 Å². The molecular weight excluding hydrogens is 552 g/mol. The molecule has 0 saturated heterocycles. The Labute approximate surface area is 264 Å². The minimum Gasteiger partial charge on any atom is -0.336 e. The van der Waals surface area contributed by atoms with E-state index in [4.69, 9.17) is 0 Å². The summed E-state index contributed by atoms with van der Waals surface area (Å²) >= 11 is 0. The van der Waals surface area contributed by atoms with Gasteiger partial charge in [-0.15, -0.1) is 0 Å². The lowest BCUT2D eigenvalue weighted by molar-refractivity contribution is 0.634. The molecule has 3 aliphatic heterocycles. The number of nitrogens with zero attached hydrogens (tertiary/aromatic N) is 6.